The summed E-state index contributed by atoms with van der Waals surface area (Å²) in [5.41, 5.74) is 2.82. The van der Waals surface area contributed by atoms with E-state index in [9.17, 15) is 4.79 Å². The lowest BCUT2D eigenvalue weighted by atomic mass is 10.0. The van der Waals surface area contributed by atoms with E-state index in [-0.39, 0.29) is 5.91 Å². The van der Waals surface area contributed by atoms with Gasteiger partial charge >= 0.3 is 0 Å². The van der Waals surface area contributed by atoms with Crippen LogP contribution in [0.25, 0.3) is 0 Å². The number of imidazole rings is 1. The third-order valence-corrected chi connectivity index (χ3v) is 5.40. The summed E-state index contributed by atoms with van der Waals surface area (Å²) in [7, 11) is 1.87. The topological polar surface area (TPSA) is 56.0 Å². The van der Waals surface area contributed by atoms with Crippen molar-refractivity contribution in [1.82, 2.24) is 24.2 Å². The summed E-state index contributed by atoms with van der Waals surface area (Å²) >= 11 is 0. The zero-order valence-electron chi connectivity index (χ0n) is 14.7. The zero-order valence-corrected chi connectivity index (χ0v) is 14.7. The Balaban J connectivity index is 1.45. The third kappa shape index (κ3) is 2.64. The van der Waals surface area contributed by atoms with E-state index in [0.717, 1.165) is 31.6 Å². The van der Waals surface area contributed by atoms with Crippen molar-refractivity contribution in [3.63, 3.8) is 0 Å². The molecule has 4 rings (SSSR count). The van der Waals surface area contributed by atoms with Crippen molar-refractivity contribution in [1.29, 1.82) is 0 Å². The standard InChI is InChI=1S/C18H25N5O/c1-12-10-16(20-21(12)3)18(24)22-8-6-15(7-9-22)23-13(2)11-19-17(23)14-4-5-14/h10-11,14-15H,4-9H2,1-3H3. The number of likely N-dealkylation sites (tertiary alicyclic amines) is 1. The van der Waals surface area contributed by atoms with Gasteiger partial charge in [-0.05, 0) is 45.6 Å². The molecule has 1 saturated heterocycles. The first-order valence-electron chi connectivity index (χ1n) is 8.88. The fraction of sp³-hybridized carbons (Fsp3) is 0.611. The van der Waals surface area contributed by atoms with E-state index in [1.807, 2.05) is 31.1 Å². The molecule has 0 aromatic carbocycles. The Morgan fingerprint density at radius 3 is 2.42 bits per heavy atom. The fourth-order valence-corrected chi connectivity index (χ4v) is 3.74. The number of amides is 1. The first-order chi connectivity index (χ1) is 11.5. The van der Waals surface area contributed by atoms with E-state index in [2.05, 4.69) is 21.6 Å². The Morgan fingerprint density at radius 1 is 1.12 bits per heavy atom. The molecule has 1 amide bonds. The van der Waals surface area contributed by atoms with Crippen molar-refractivity contribution in [3.8, 4) is 0 Å². The number of hydrogen-bond donors (Lipinski definition) is 0. The summed E-state index contributed by atoms with van der Waals surface area (Å²) in [4.78, 5) is 19.2. The summed E-state index contributed by atoms with van der Waals surface area (Å²) in [6, 6.07) is 2.34. The highest BCUT2D eigenvalue weighted by molar-refractivity contribution is 5.92. The van der Waals surface area contributed by atoms with Crippen molar-refractivity contribution in [3.05, 3.63) is 35.2 Å². The van der Waals surface area contributed by atoms with Crippen molar-refractivity contribution < 1.29 is 4.79 Å². The Kier molecular flexibility index (Phi) is 3.70. The molecule has 0 unspecified atom stereocenters. The lowest BCUT2D eigenvalue weighted by Gasteiger charge is -2.33. The molecule has 1 aliphatic heterocycles. The van der Waals surface area contributed by atoms with Gasteiger partial charge in [0.1, 0.15) is 5.82 Å². The fourth-order valence-electron chi connectivity index (χ4n) is 3.74. The van der Waals surface area contributed by atoms with E-state index in [1.54, 1.807) is 4.68 Å². The summed E-state index contributed by atoms with van der Waals surface area (Å²) in [6.07, 6.45) is 6.53. The van der Waals surface area contributed by atoms with E-state index in [0.29, 0.717) is 17.7 Å². The molecular weight excluding hydrogens is 302 g/mol. The van der Waals surface area contributed by atoms with Gasteiger partial charge in [-0.2, -0.15) is 5.10 Å². The van der Waals surface area contributed by atoms with Gasteiger partial charge in [0, 0.05) is 49.7 Å². The number of piperidine rings is 1. The molecule has 24 heavy (non-hydrogen) atoms. The number of rotatable bonds is 3. The van der Waals surface area contributed by atoms with Crippen LogP contribution in [-0.4, -0.2) is 43.2 Å². The molecule has 0 N–H and O–H groups in total. The normalized spacial score (nSPS) is 19.0. The van der Waals surface area contributed by atoms with Crippen molar-refractivity contribution in [2.45, 2.75) is 51.5 Å². The van der Waals surface area contributed by atoms with E-state index < -0.39 is 0 Å². The van der Waals surface area contributed by atoms with Crippen molar-refractivity contribution in [2.75, 3.05) is 13.1 Å². The van der Waals surface area contributed by atoms with Gasteiger partial charge in [0.2, 0.25) is 0 Å². The highest BCUT2D eigenvalue weighted by atomic mass is 16.2. The SMILES string of the molecule is Cc1cc(C(=O)N2CCC(n3c(C)cnc3C3CC3)CC2)nn1C. The first-order valence-corrected chi connectivity index (χ1v) is 8.88. The minimum Gasteiger partial charge on any atom is -0.337 e. The highest BCUT2D eigenvalue weighted by Gasteiger charge is 2.33. The Morgan fingerprint density at radius 2 is 1.83 bits per heavy atom. The second kappa shape index (κ2) is 5.76. The van der Waals surface area contributed by atoms with Crippen LogP contribution in [0.5, 0.6) is 0 Å². The molecule has 0 radical (unpaired) electrons. The zero-order chi connectivity index (χ0) is 16.8. The van der Waals surface area contributed by atoms with Gasteiger partial charge in [-0.25, -0.2) is 4.98 Å². The molecule has 0 spiro atoms. The molecule has 0 atom stereocenters. The average molecular weight is 327 g/mol. The van der Waals surface area contributed by atoms with E-state index in [1.165, 1.54) is 24.4 Å². The molecule has 1 aliphatic carbocycles. The van der Waals surface area contributed by atoms with E-state index >= 15 is 0 Å². The van der Waals surface area contributed by atoms with E-state index in [4.69, 9.17) is 0 Å². The molecule has 6 heteroatoms. The maximum Gasteiger partial charge on any atom is 0.274 e. The van der Waals surface area contributed by atoms with Gasteiger partial charge in [-0.3, -0.25) is 9.48 Å². The van der Waals surface area contributed by atoms with Gasteiger partial charge < -0.3 is 9.47 Å². The average Bonchev–Trinajstić information content (AvgIpc) is 3.28. The van der Waals surface area contributed by atoms with Crippen LogP contribution >= 0.6 is 0 Å². The lowest BCUT2D eigenvalue weighted by Crippen LogP contribution is -2.39. The molecule has 2 aliphatic rings. The Hall–Kier alpha value is -2.11. The highest BCUT2D eigenvalue weighted by Crippen LogP contribution is 2.41. The minimum absolute atomic E-state index is 0.0573. The maximum absolute atomic E-state index is 12.6. The van der Waals surface area contributed by atoms with Gasteiger partial charge in [-0.15, -0.1) is 0 Å². The van der Waals surface area contributed by atoms with Gasteiger partial charge in [-0.1, -0.05) is 0 Å². The smallest absolute Gasteiger partial charge is 0.274 e. The molecule has 128 valence electrons. The monoisotopic (exact) mass is 327 g/mol. The largest absolute Gasteiger partial charge is 0.337 e. The predicted octanol–water partition coefficient (Wildman–Crippen LogP) is 2.59. The first kappa shape index (κ1) is 15.4. The Bertz CT molecular complexity index is 743. The maximum atomic E-state index is 12.6. The molecule has 6 nitrogen and oxygen atoms in total. The van der Waals surface area contributed by atoms with Crippen LogP contribution in [0.4, 0.5) is 0 Å². The Labute approximate surface area is 142 Å². The molecule has 0 bridgehead atoms. The molecule has 2 aromatic heterocycles. The number of nitrogens with zero attached hydrogens (tertiary/aromatic N) is 5. The summed E-state index contributed by atoms with van der Waals surface area (Å²) in [6.45, 7) is 5.70. The van der Waals surface area contributed by atoms with Gasteiger partial charge in [0.05, 0.1) is 0 Å². The third-order valence-electron chi connectivity index (χ3n) is 5.40. The van der Waals surface area contributed by atoms with Crippen LogP contribution in [-0.2, 0) is 7.05 Å². The second-order valence-corrected chi connectivity index (χ2v) is 7.22. The number of carbonyl (C=O) groups is 1. The van der Waals surface area contributed by atoms with Gasteiger partial charge in [0.15, 0.2) is 5.69 Å². The quantitative estimate of drug-likeness (QED) is 0.871. The van der Waals surface area contributed by atoms with Crippen LogP contribution in [0.3, 0.4) is 0 Å². The number of carbonyl (C=O) groups excluding carboxylic acids is 1. The second-order valence-electron chi connectivity index (χ2n) is 7.22. The lowest BCUT2D eigenvalue weighted by molar-refractivity contribution is 0.0686. The molecule has 2 fully saturated rings. The molecular formula is C18H25N5O. The van der Waals surface area contributed by atoms with Crippen molar-refractivity contribution >= 4 is 5.91 Å². The summed E-state index contributed by atoms with van der Waals surface area (Å²) < 4.78 is 4.20. The summed E-state index contributed by atoms with van der Waals surface area (Å²) in [5.74, 6) is 1.98. The van der Waals surface area contributed by atoms with Crippen molar-refractivity contribution in [2.24, 2.45) is 7.05 Å². The van der Waals surface area contributed by atoms with Crippen LogP contribution in [0.15, 0.2) is 12.3 Å². The van der Waals surface area contributed by atoms with Gasteiger partial charge in [0.25, 0.3) is 5.91 Å². The summed E-state index contributed by atoms with van der Waals surface area (Å²) in [5, 5.41) is 4.32. The van der Waals surface area contributed by atoms with Crippen LogP contribution in [0.2, 0.25) is 0 Å². The van der Waals surface area contributed by atoms with Crippen LogP contribution < -0.4 is 0 Å². The minimum atomic E-state index is 0.0573. The number of aromatic nitrogens is 4. The van der Waals surface area contributed by atoms with Crippen LogP contribution in [0.1, 0.15) is 65.3 Å². The molecule has 3 heterocycles. The number of hydrogen-bond acceptors (Lipinski definition) is 3. The molecule has 1 saturated carbocycles. The predicted molar refractivity (Wildman–Crippen MR) is 91.1 cm³/mol. The molecule has 2 aromatic rings. The van der Waals surface area contributed by atoms with Crippen LogP contribution in [0, 0.1) is 13.8 Å². The number of aryl methyl sites for hydroxylation is 3.